The number of nitrogens with zero attached hydrogens (tertiary/aromatic N) is 1. The van der Waals surface area contributed by atoms with Crippen molar-refractivity contribution in [1.82, 2.24) is 5.32 Å². The number of hydrogen-bond donors (Lipinski definition) is 1. The van der Waals surface area contributed by atoms with Gasteiger partial charge in [0.25, 0.3) is 0 Å². The zero-order valence-electron chi connectivity index (χ0n) is 12.2. The molecule has 1 aliphatic rings. The molecule has 106 valence electrons. The molecule has 2 rings (SSSR count). The van der Waals surface area contributed by atoms with Crippen LogP contribution in [0.4, 0.5) is 5.69 Å². The first-order valence-corrected chi connectivity index (χ1v) is 8.08. The Kier molecular flexibility index (Phi) is 5.28. The van der Waals surface area contributed by atoms with Crippen LogP contribution in [-0.2, 0) is 6.54 Å². The number of rotatable bonds is 6. The van der Waals surface area contributed by atoms with Gasteiger partial charge in [0.15, 0.2) is 0 Å². The summed E-state index contributed by atoms with van der Waals surface area (Å²) < 4.78 is 1.21. The lowest BCUT2D eigenvalue weighted by Crippen LogP contribution is -2.29. The maximum absolute atomic E-state index is 3.72. The van der Waals surface area contributed by atoms with E-state index in [4.69, 9.17) is 0 Å². The van der Waals surface area contributed by atoms with Gasteiger partial charge >= 0.3 is 0 Å². The molecule has 0 atom stereocenters. The Bertz CT molecular complexity index is 413. The lowest BCUT2D eigenvalue weighted by molar-refractivity contribution is 0.321. The van der Waals surface area contributed by atoms with E-state index in [-0.39, 0.29) is 0 Å². The third-order valence-corrected chi connectivity index (χ3v) is 4.53. The van der Waals surface area contributed by atoms with Crippen LogP contribution in [0.2, 0.25) is 0 Å². The van der Waals surface area contributed by atoms with Gasteiger partial charge in [-0.05, 0) is 52.4 Å². The SMILES string of the molecule is CC(C)NCc1ccc(N(C)CC2CCC2)c(Br)c1. The maximum Gasteiger partial charge on any atom is 0.0508 e. The van der Waals surface area contributed by atoms with Gasteiger partial charge in [-0.15, -0.1) is 0 Å². The average molecular weight is 325 g/mol. The van der Waals surface area contributed by atoms with Gasteiger partial charge < -0.3 is 10.2 Å². The summed E-state index contributed by atoms with van der Waals surface area (Å²) in [4.78, 5) is 2.38. The van der Waals surface area contributed by atoms with Crippen LogP contribution < -0.4 is 10.2 Å². The smallest absolute Gasteiger partial charge is 0.0508 e. The molecule has 0 radical (unpaired) electrons. The van der Waals surface area contributed by atoms with Crippen LogP contribution in [0.25, 0.3) is 0 Å². The van der Waals surface area contributed by atoms with Gasteiger partial charge in [-0.2, -0.15) is 0 Å². The minimum atomic E-state index is 0.528. The average Bonchev–Trinajstić information content (AvgIpc) is 2.31. The first-order chi connectivity index (χ1) is 9.06. The Balaban J connectivity index is 1.97. The molecule has 0 bridgehead atoms. The summed E-state index contributed by atoms with van der Waals surface area (Å²) >= 11 is 3.72. The van der Waals surface area contributed by atoms with Gasteiger partial charge in [-0.1, -0.05) is 26.3 Å². The topological polar surface area (TPSA) is 15.3 Å². The van der Waals surface area contributed by atoms with Crippen LogP contribution >= 0.6 is 15.9 Å². The fourth-order valence-electron chi connectivity index (χ4n) is 2.45. The molecule has 0 unspecified atom stereocenters. The van der Waals surface area contributed by atoms with E-state index in [9.17, 15) is 0 Å². The van der Waals surface area contributed by atoms with Crippen molar-refractivity contribution in [2.24, 2.45) is 5.92 Å². The number of benzene rings is 1. The fourth-order valence-corrected chi connectivity index (χ4v) is 3.18. The fraction of sp³-hybridized carbons (Fsp3) is 0.625. The minimum Gasteiger partial charge on any atom is -0.373 e. The summed E-state index contributed by atoms with van der Waals surface area (Å²) in [6.07, 6.45) is 4.22. The second-order valence-corrected chi connectivity index (χ2v) is 6.85. The molecule has 1 aromatic rings. The molecule has 0 spiro atoms. The van der Waals surface area contributed by atoms with Crippen molar-refractivity contribution in [3.05, 3.63) is 28.2 Å². The Morgan fingerprint density at radius 2 is 2.11 bits per heavy atom. The lowest BCUT2D eigenvalue weighted by Gasteiger charge is -2.31. The van der Waals surface area contributed by atoms with Gasteiger partial charge in [-0.25, -0.2) is 0 Å². The maximum atomic E-state index is 3.72. The third kappa shape index (κ3) is 4.22. The summed E-state index contributed by atoms with van der Waals surface area (Å²) in [6.45, 7) is 6.47. The van der Waals surface area contributed by atoms with E-state index in [1.807, 2.05) is 0 Å². The van der Waals surface area contributed by atoms with Crippen LogP contribution in [0, 0.1) is 5.92 Å². The van der Waals surface area contributed by atoms with Crippen LogP contribution in [-0.4, -0.2) is 19.6 Å². The van der Waals surface area contributed by atoms with Gasteiger partial charge in [0.1, 0.15) is 0 Å². The van der Waals surface area contributed by atoms with Crippen molar-refractivity contribution >= 4 is 21.6 Å². The summed E-state index contributed by atoms with van der Waals surface area (Å²) in [5, 5.41) is 3.45. The largest absolute Gasteiger partial charge is 0.373 e. The van der Waals surface area contributed by atoms with Crippen LogP contribution in [0.5, 0.6) is 0 Å². The first-order valence-electron chi connectivity index (χ1n) is 7.29. The van der Waals surface area contributed by atoms with E-state index in [0.29, 0.717) is 6.04 Å². The summed E-state index contributed by atoms with van der Waals surface area (Å²) in [5.41, 5.74) is 2.64. The number of halogens is 1. The molecule has 1 fully saturated rings. The van der Waals surface area contributed by atoms with E-state index in [2.05, 4.69) is 65.2 Å². The van der Waals surface area contributed by atoms with E-state index in [0.717, 1.165) is 12.5 Å². The van der Waals surface area contributed by atoms with Gasteiger partial charge in [0, 0.05) is 30.7 Å². The Morgan fingerprint density at radius 3 is 2.63 bits per heavy atom. The highest BCUT2D eigenvalue weighted by Crippen LogP contribution is 2.31. The van der Waals surface area contributed by atoms with E-state index in [1.54, 1.807) is 0 Å². The Hall–Kier alpha value is -0.540. The normalized spacial score (nSPS) is 15.6. The Morgan fingerprint density at radius 1 is 1.37 bits per heavy atom. The van der Waals surface area contributed by atoms with E-state index < -0.39 is 0 Å². The molecule has 1 aromatic carbocycles. The quantitative estimate of drug-likeness (QED) is 0.844. The predicted octanol–water partition coefficient (Wildman–Crippen LogP) is 4.18. The van der Waals surface area contributed by atoms with Crippen molar-refractivity contribution in [2.75, 3.05) is 18.5 Å². The summed E-state index contributed by atoms with van der Waals surface area (Å²) in [5.74, 6) is 0.902. The molecule has 0 saturated heterocycles. The highest BCUT2D eigenvalue weighted by molar-refractivity contribution is 9.10. The molecule has 19 heavy (non-hydrogen) atoms. The van der Waals surface area contributed by atoms with Gasteiger partial charge in [0.05, 0.1) is 5.69 Å². The predicted molar refractivity (Wildman–Crippen MR) is 86.7 cm³/mol. The van der Waals surface area contributed by atoms with Crippen LogP contribution in [0.15, 0.2) is 22.7 Å². The van der Waals surface area contributed by atoms with Crippen molar-refractivity contribution in [2.45, 2.75) is 45.7 Å². The minimum absolute atomic E-state index is 0.528. The summed E-state index contributed by atoms with van der Waals surface area (Å²) in [7, 11) is 2.20. The van der Waals surface area contributed by atoms with Gasteiger partial charge in [-0.3, -0.25) is 0 Å². The summed E-state index contributed by atoms with van der Waals surface area (Å²) in [6, 6.07) is 7.23. The number of anilines is 1. The van der Waals surface area contributed by atoms with Gasteiger partial charge in [0.2, 0.25) is 0 Å². The number of nitrogens with one attached hydrogen (secondary N) is 1. The molecule has 1 saturated carbocycles. The lowest BCUT2D eigenvalue weighted by atomic mass is 9.85. The first kappa shape index (κ1) is 14.9. The monoisotopic (exact) mass is 324 g/mol. The highest BCUT2D eigenvalue weighted by Gasteiger charge is 2.20. The molecule has 1 aliphatic carbocycles. The van der Waals surface area contributed by atoms with Crippen molar-refractivity contribution in [3.63, 3.8) is 0 Å². The second kappa shape index (κ2) is 6.76. The molecular weight excluding hydrogens is 300 g/mol. The van der Waals surface area contributed by atoms with Crippen LogP contribution in [0.1, 0.15) is 38.7 Å². The molecule has 0 aliphatic heterocycles. The van der Waals surface area contributed by atoms with Crippen molar-refractivity contribution in [1.29, 1.82) is 0 Å². The number of hydrogen-bond acceptors (Lipinski definition) is 2. The van der Waals surface area contributed by atoms with E-state index >= 15 is 0 Å². The molecular formula is C16H25BrN2. The molecule has 0 heterocycles. The zero-order valence-corrected chi connectivity index (χ0v) is 13.8. The van der Waals surface area contributed by atoms with E-state index in [1.165, 1.54) is 41.5 Å². The highest BCUT2D eigenvalue weighted by atomic mass is 79.9. The molecule has 2 nitrogen and oxygen atoms in total. The zero-order chi connectivity index (χ0) is 13.8. The van der Waals surface area contributed by atoms with Crippen molar-refractivity contribution < 1.29 is 0 Å². The van der Waals surface area contributed by atoms with Crippen molar-refractivity contribution in [3.8, 4) is 0 Å². The second-order valence-electron chi connectivity index (χ2n) is 6.00. The molecule has 0 aromatic heterocycles. The standard InChI is InChI=1S/C16H25BrN2/c1-12(2)18-10-14-7-8-16(15(17)9-14)19(3)11-13-5-4-6-13/h7-9,12-13,18H,4-6,10-11H2,1-3H3. The molecule has 3 heteroatoms. The Labute approximate surface area is 125 Å². The molecule has 0 amide bonds. The third-order valence-electron chi connectivity index (χ3n) is 3.89. The molecule has 1 N–H and O–H groups in total. The van der Waals surface area contributed by atoms with Crippen LogP contribution in [0.3, 0.4) is 0 Å².